The van der Waals surface area contributed by atoms with Crippen LogP contribution in [0.3, 0.4) is 0 Å². The fraction of sp³-hybridized carbons (Fsp3) is 0.500. The third-order valence-electron chi connectivity index (χ3n) is 2.84. The second kappa shape index (κ2) is 7.19. The van der Waals surface area contributed by atoms with E-state index in [1.54, 1.807) is 19.1 Å². The minimum atomic E-state index is -2.54. The van der Waals surface area contributed by atoms with Crippen molar-refractivity contribution in [2.24, 2.45) is 11.7 Å². The molecule has 1 rings (SSSR count). The fourth-order valence-corrected chi connectivity index (χ4v) is 1.51. The van der Waals surface area contributed by atoms with E-state index < -0.39 is 19.1 Å². The van der Waals surface area contributed by atoms with Crippen molar-refractivity contribution in [3.8, 4) is 5.75 Å². The molecule has 0 radical (unpaired) electrons. The van der Waals surface area contributed by atoms with Gasteiger partial charge in [-0.1, -0.05) is 19.9 Å². The molecule has 0 aromatic heterocycles. The lowest BCUT2D eigenvalue weighted by atomic mass is 10.0. The van der Waals surface area contributed by atoms with E-state index in [2.05, 4.69) is 5.32 Å². The third-order valence-corrected chi connectivity index (χ3v) is 2.84. The zero-order chi connectivity index (χ0) is 15.3. The summed E-state index contributed by atoms with van der Waals surface area (Å²) in [6.07, 6.45) is -2.54. The van der Waals surface area contributed by atoms with Crippen molar-refractivity contribution in [1.82, 2.24) is 0 Å². The molecule has 0 aliphatic carbocycles. The molecule has 1 aromatic rings. The first-order valence-electron chi connectivity index (χ1n) is 6.39. The molecule has 0 saturated carbocycles. The van der Waals surface area contributed by atoms with E-state index in [1.165, 1.54) is 6.07 Å². The van der Waals surface area contributed by atoms with Crippen LogP contribution in [-0.2, 0) is 4.79 Å². The molecule has 1 amide bonds. The number of carbonyl (C=O) groups is 1. The Kier molecular flexibility index (Phi) is 5.88. The van der Waals surface area contributed by atoms with Crippen LogP contribution in [0.15, 0.2) is 18.2 Å². The van der Waals surface area contributed by atoms with Gasteiger partial charge in [0.25, 0.3) is 6.43 Å². The Morgan fingerprint density at radius 3 is 2.60 bits per heavy atom. The number of amides is 1. The minimum Gasteiger partial charge on any atom is -0.487 e. The summed E-state index contributed by atoms with van der Waals surface area (Å²) in [5.74, 6) is 0.0138. The predicted octanol–water partition coefficient (Wildman–Crippen LogP) is 2.56. The van der Waals surface area contributed by atoms with Gasteiger partial charge in [-0.15, -0.1) is 0 Å². The molecule has 112 valence electrons. The second-order valence-electron chi connectivity index (χ2n) is 4.94. The summed E-state index contributed by atoms with van der Waals surface area (Å²) in [5.41, 5.74) is 6.92. The summed E-state index contributed by atoms with van der Waals surface area (Å²) in [4.78, 5) is 11.8. The highest BCUT2D eigenvalue weighted by Gasteiger charge is 2.17. The van der Waals surface area contributed by atoms with Crippen LogP contribution in [0.5, 0.6) is 5.75 Å². The molecule has 1 atom stereocenters. The largest absolute Gasteiger partial charge is 0.487 e. The molecule has 0 bridgehead atoms. The van der Waals surface area contributed by atoms with E-state index in [0.717, 1.165) is 5.56 Å². The number of carbonyl (C=O) groups excluding carboxylic acids is 1. The van der Waals surface area contributed by atoms with Crippen LogP contribution in [0.2, 0.25) is 0 Å². The zero-order valence-corrected chi connectivity index (χ0v) is 11.8. The molecule has 3 N–H and O–H groups in total. The van der Waals surface area contributed by atoms with Crippen LogP contribution >= 0.6 is 0 Å². The second-order valence-corrected chi connectivity index (χ2v) is 4.94. The van der Waals surface area contributed by atoms with Crippen LogP contribution in [0.4, 0.5) is 14.5 Å². The quantitative estimate of drug-likeness (QED) is 0.844. The Morgan fingerprint density at radius 2 is 2.05 bits per heavy atom. The number of alkyl halides is 2. The van der Waals surface area contributed by atoms with Gasteiger partial charge in [-0.05, 0) is 24.5 Å². The highest BCUT2D eigenvalue weighted by molar-refractivity contribution is 5.95. The number of ether oxygens (including phenoxy) is 1. The SMILES string of the molecule is Cc1ccc(NC(=O)[C@@H](N)C(C)C)cc1OCC(F)F. The normalized spacial score (nSPS) is 12.6. The third kappa shape index (κ3) is 4.77. The number of halogens is 2. The summed E-state index contributed by atoms with van der Waals surface area (Å²) in [6, 6.07) is 4.26. The maximum atomic E-state index is 12.1. The Balaban J connectivity index is 2.77. The smallest absolute Gasteiger partial charge is 0.272 e. The molecule has 4 nitrogen and oxygen atoms in total. The van der Waals surface area contributed by atoms with Gasteiger partial charge in [0, 0.05) is 11.8 Å². The van der Waals surface area contributed by atoms with Crippen molar-refractivity contribution in [1.29, 1.82) is 0 Å². The number of rotatable bonds is 6. The van der Waals surface area contributed by atoms with Gasteiger partial charge in [0.1, 0.15) is 12.4 Å². The first-order valence-corrected chi connectivity index (χ1v) is 6.39. The van der Waals surface area contributed by atoms with E-state index in [-0.39, 0.29) is 11.8 Å². The summed E-state index contributed by atoms with van der Waals surface area (Å²) >= 11 is 0. The van der Waals surface area contributed by atoms with Crippen LogP contribution in [-0.4, -0.2) is 25.0 Å². The molecule has 0 aliphatic heterocycles. The first-order chi connectivity index (χ1) is 9.31. The number of benzene rings is 1. The Hall–Kier alpha value is -1.69. The maximum Gasteiger partial charge on any atom is 0.272 e. The van der Waals surface area contributed by atoms with E-state index in [4.69, 9.17) is 10.5 Å². The number of nitrogens with one attached hydrogen (secondary N) is 1. The van der Waals surface area contributed by atoms with Crippen molar-refractivity contribution < 1.29 is 18.3 Å². The van der Waals surface area contributed by atoms with Crippen molar-refractivity contribution in [3.63, 3.8) is 0 Å². The Labute approximate surface area is 117 Å². The molecule has 20 heavy (non-hydrogen) atoms. The molecule has 0 saturated heterocycles. The van der Waals surface area contributed by atoms with Gasteiger partial charge >= 0.3 is 0 Å². The van der Waals surface area contributed by atoms with Gasteiger partial charge in [0.05, 0.1) is 6.04 Å². The van der Waals surface area contributed by atoms with Crippen molar-refractivity contribution >= 4 is 11.6 Å². The average molecular weight is 286 g/mol. The van der Waals surface area contributed by atoms with E-state index in [1.807, 2.05) is 13.8 Å². The monoisotopic (exact) mass is 286 g/mol. The number of hydrogen-bond acceptors (Lipinski definition) is 3. The topological polar surface area (TPSA) is 64.4 Å². The van der Waals surface area contributed by atoms with Gasteiger partial charge in [-0.3, -0.25) is 4.79 Å². The molecular formula is C14H20F2N2O2. The minimum absolute atomic E-state index is 0.00926. The highest BCUT2D eigenvalue weighted by Crippen LogP contribution is 2.23. The van der Waals surface area contributed by atoms with Crippen LogP contribution in [0, 0.1) is 12.8 Å². The number of aryl methyl sites for hydroxylation is 1. The predicted molar refractivity (Wildman–Crippen MR) is 74.1 cm³/mol. The van der Waals surface area contributed by atoms with Gasteiger partial charge in [-0.25, -0.2) is 8.78 Å². The van der Waals surface area contributed by atoms with Gasteiger partial charge in [0.2, 0.25) is 5.91 Å². The van der Waals surface area contributed by atoms with E-state index in [0.29, 0.717) is 11.4 Å². The summed E-state index contributed by atoms with van der Waals surface area (Å²) in [6.45, 7) is 4.75. The Bertz CT molecular complexity index is 464. The van der Waals surface area contributed by atoms with E-state index >= 15 is 0 Å². The summed E-state index contributed by atoms with van der Waals surface area (Å²) < 4.78 is 29.3. The van der Waals surface area contributed by atoms with E-state index in [9.17, 15) is 13.6 Å². The van der Waals surface area contributed by atoms with Crippen LogP contribution in [0.1, 0.15) is 19.4 Å². The van der Waals surface area contributed by atoms with Crippen molar-refractivity contribution in [3.05, 3.63) is 23.8 Å². The lowest BCUT2D eigenvalue weighted by molar-refractivity contribution is -0.118. The van der Waals surface area contributed by atoms with Gasteiger partial charge in [0.15, 0.2) is 0 Å². The first kappa shape index (κ1) is 16.4. The summed E-state index contributed by atoms with van der Waals surface area (Å²) in [5, 5.41) is 2.65. The van der Waals surface area contributed by atoms with Crippen molar-refractivity contribution in [2.45, 2.75) is 33.2 Å². The molecule has 0 aliphatic rings. The molecule has 0 unspecified atom stereocenters. The summed E-state index contributed by atoms with van der Waals surface area (Å²) in [7, 11) is 0. The van der Waals surface area contributed by atoms with Crippen LogP contribution < -0.4 is 15.8 Å². The molecule has 0 spiro atoms. The molecule has 0 fully saturated rings. The highest BCUT2D eigenvalue weighted by atomic mass is 19.3. The molecule has 1 aromatic carbocycles. The van der Waals surface area contributed by atoms with Gasteiger partial charge in [-0.2, -0.15) is 0 Å². The standard InChI is InChI=1S/C14H20F2N2O2/c1-8(2)13(17)14(19)18-10-5-4-9(3)11(6-10)20-7-12(15)16/h4-6,8,12-13H,7,17H2,1-3H3,(H,18,19)/t13-/m0/s1. The van der Waals surface area contributed by atoms with Crippen molar-refractivity contribution in [2.75, 3.05) is 11.9 Å². The lowest BCUT2D eigenvalue weighted by Gasteiger charge is -2.16. The lowest BCUT2D eigenvalue weighted by Crippen LogP contribution is -2.39. The Morgan fingerprint density at radius 1 is 1.40 bits per heavy atom. The average Bonchev–Trinajstić information content (AvgIpc) is 2.38. The van der Waals surface area contributed by atoms with Gasteiger partial charge < -0.3 is 15.8 Å². The maximum absolute atomic E-state index is 12.1. The fourth-order valence-electron chi connectivity index (χ4n) is 1.51. The number of nitrogens with two attached hydrogens (primary N) is 1. The molecule has 6 heteroatoms. The van der Waals surface area contributed by atoms with Crippen LogP contribution in [0.25, 0.3) is 0 Å². The molecule has 0 heterocycles. The number of hydrogen-bond donors (Lipinski definition) is 2. The number of anilines is 1. The zero-order valence-electron chi connectivity index (χ0n) is 11.8. The molecular weight excluding hydrogens is 266 g/mol.